The van der Waals surface area contributed by atoms with E-state index >= 15 is 0 Å². The molecule has 2 unspecified atom stereocenters. The van der Waals surface area contributed by atoms with Crippen molar-refractivity contribution in [3.05, 3.63) is 54.1 Å². The number of aliphatic imine (C=N–C) groups is 1. The summed E-state index contributed by atoms with van der Waals surface area (Å²) in [4.78, 5) is 8.33. The van der Waals surface area contributed by atoms with Crippen molar-refractivity contribution in [1.82, 2.24) is 20.2 Å². The molecule has 3 rings (SSSR count). The van der Waals surface area contributed by atoms with Crippen LogP contribution in [0.2, 0.25) is 0 Å². The van der Waals surface area contributed by atoms with E-state index in [-0.39, 0.29) is 0 Å². The number of hydrogen-bond donors (Lipinski definition) is 2. The summed E-state index contributed by atoms with van der Waals surface area (Å²) in [5.41, 5.74) is 2.53. The molecule has 2 aromatic rings. The molecule has 0 aliphatic heterocycles. The fourth-order valence-corrected chi connectivity index (χ4v) is 2.43. The molecule has 1 aromatic carbocycles. The van der Waals surface area contributed by atoms with Gasteiger partial charge in [-0.2, -0.15) is 0 Å². The summed E-state index contributed by atoms with van der Waals surface area (Å²) < 4.78 is 2.07. The van der Waals surface area contributed by atoms with Crippen LogP contribution in [0.4, 0.5) is 0 Å². The van der Waals surface area contributed by atoms with Gasteiger partial charge in [0.1, 0.15) is 0 Å². The Hall–Kier alpha value is -2.30. The van der Waals surface area contributed by atoms with Crippen LogP contribution in [-0.4, -0.2) is 28.6 Å². The number of nitrogens with zero attached hydrogens (tertiary/aromatic N) is 3. The first-order valence-electron chi connectivity index (χ1n) is 7.75. The summed E-state index contributed by atoms with van der Waals surface area (Å²) in [7, 11) is 1.82. The smallest absolute Gasteiger partial charge is 0.191 e. The van der Waals surface area contributed by atoms with E-state index < -0.39 is 0 Å². The number of rotatable bonds is 5. The van der Waals surface area contributed by atoms with Crippen LogP contribution in [0.15, 0.2) is 48.0 Å². The predicted molar refractivity (Wildman–Crippen MR) is 88.7 cm³/mol. The highest BCUT2D eigenvalue weighted by Crippen LogP contribution is 2.28. The van der Waals surface area contributed by atoms with Crippen molar-refractivity contribution in [2.45, 2.75) is 32.5 Å². The molecule has 2 N–H and O–H groups in total. The lowest BCUT2D eigenvalue weighted by Gasteiger charge is -2.12. The van der Waals surface area contributed by atoms with Gasteiger partial charge in [0.05, 0.1) is 6.33 Å². The van der Waals surface area contributed by atoms with E-state index in [1.807, 2.05) is 19.6 Å². The van der Waals surface area contributed by atoms with Gasteiger partial charge in [-0.15, -0.1) is 0 Å². The Morgan fingerprint density at radius 1 is 1.32 bits per heavy atom. The predicted octanol–water partition coefficient (Wildman–Crippen LogP) is 2.00. The Balaban J connectivity index is 1.50. The molecular weight excluding hydrogens is 274 g/mol. The van der Waals surface area contributed by atoms with Crippen molar-refractivity contribution in [2.24, 2.45) is 10.9 Å². The lowest BCUT2D eigenvalue weighted by molar-refractivity contribution is 0.762. The lowest BCUT2D eigenvalue weighted by Crippen LogP contribution is -2.38. The second-order valence-electron chi connectivity index (χ2n) is 5.94. The molecule has 1 heterocycles. The topological polar surface area (TPSA) is 54.2 Å². The third-order valence-corrected chi connectivity index (χ3v) is 4.06. The van der Waals surface area contributed by atoms with Crippen molar-refractivity contribution in [3.8, 4) is 0 Å². The van der Waals surface area contributed by atoms with Crippen LogP contribution in [0.3, 0.4) is 0 Å². The third-order valence-electron chi connectivity index (χ3n) is 4.06. The van der Waals surface area contributed by atoms with Crippen LogP contribution in [0, 0.1) is 5.92 Å². The van der Waals surface area contributed by atoms with Crippen molar-refractivity contribution in [1.29, 1.82) is 0 Å². The van der Waals surface area contributed by atoms with Gasteiger partial charge in [-0.3, -0.25) is 4.99 Å². The maximum atomic E-state index is 4.27. The number of imidazole rings is 1. The fraction of sp³-hybridized carbons (Fsp3) is 0.412. The monoisotopic (exact) mass is 297 g/mol. The SMILES string of the molecule is CN=C(NCc1ccc(Cn2ccnc2)cc1)NC1CC1C. The average molecular weight is 297 g/mol. The third kappa shape index (κ3) is 3.87. The normalized spacial score (nSPS) is 20.7. The first kappa shape index (κ1) is 14.6. The van der Waals surface area contributed by atoms with E-state index in [1.54, 1.807) is 6.20 Å². The van der Waals surface area contributed by atoms with Gasteiger partial charge in [-0.05, 0) is 23.5 Å². The summed E-state index contributed by atoms with van der Waals surface area (Å²) in [6, 6.07) is 9.23. The standard InChI is InChI=1S/C17H23N5/c1-13-9-16(13)21-17(18-2)20-10-14-3-5-15(6-4-14)11-22-8-7-19-12-22/h3-8,12-13,16H,9-11H2,1-2H3,(H2,18,20,21). The number of guanidine groups is 1. The molecule has 5 heteroatoms. The van der Waals surface area contributed by atoms with Gasteiger partial charge >= 0.3 is 0 Å². The molecule has 1 saturated carbocycles. The quantitative estimate of drug-likeness (QED) is 0.655. The van der Waals surface area contributed by atoms with Gasteiger partial charge in [0.15, 0.2) is 5.96 Å². The Morgan fingerprint density at radius 2 is 2.05 bits per heavy atom. The molecule has 0 saturated heterocycles. The number of nitrogens with one attached hydrogen (secondary N) is 2. The second kappa shape index (κ2) is 6.64. The van der Waals surface area contributed by atoms with Gasteiger partial charge in [0.2, 0.25) is 0 Å². The van der Waals surface area contributed by atoms with Crippen molar-refractivity contribution in [2.75, 3.05) is 7.05 Å². The van der Waals surface area contributed by atoms with Crippen molar-refractivity contribution in [3.63, 3.8) is 0 Å². The molecule has 0 radical (unpaired) electrons. The Kier molecular flexibility index (Phi) is 4.42. The molecule has 1 aliphatic rings. The van der Waals surface area contributed by atoms with Gasteiger partial charge < -0.3 is 15.2 Å². The Bertz CT molecular complexity index is 615. The minimum atomic E-state index is 0.587. The van der Waals surface area contributed by atoms with Gasteiger partial charge in [0, 0.05) is 38.6 Å². The molecule has 1 fully saturated rings. The summed E-state index contributed by atoms with van der Waals surface area (Å²) in [6.45, 7) is 3.90. The Labute approximate surface area is 131 Å². The van der Waals surface area contributed by atoms with E-state index in [0.29, 0.717) is 6.04 Å². The number of benzene rings is 1. The van der Waals surface area contributed by atoms with E-state index in [1.165, 1.54) is 17.5 Å². The summed E-state index contributed by atoms with van der Waals surface area (Å²) in [5, 5.41) is 6.80. The zero-order valence-electron chi connectivity index (χ0n) is 13.2. The van der Waals surface area contributed by atoms with Crippen LogP contribution in [0.1, 0.15) is 24.5 Å². The summed E-state index contributed by atoms with van der Waals surface area (Å²) in [5.74, 6) is 1.65. The maximum Gasteiger partial charge on any atom is 0.191 e. The molecule has 1 aliphatic carbocycles. The highest BCUT2D eigenvalue weighted by atomic mass is 15.2. The molecule has 0 amide bonds. The highest BCUT2D eigenvalue weighted by molar-refractivity contribution is 5.80. The Morgan fingerprint density at radius 3 is 2.64 bits per heavy atom. The lowest BCUT2D eigenvalue weighted by atomic mass is 10.1. The zero-order valence-corrected chi connectivity index (χ0v) is 13.2. The van der Waals surface area contributed by atoms with E-state index in [9.17, 15) is 0 Å². The first-order valence-corrected chi connectivity index (χ1v) is 7.75. The van der Waals surface area contributed by atoms with Crippen LogP contribution >= 0.6 is 0 Å². The van der Waals surface area contributed by atoms with Gasteiger partial charge in [-0.1, -0.05) is 31.2 Å². The summed E-state index contributed by atoms with van der Waals surface area (Å²) in [6.07, 6.45) is 6.86. The van der Waals surface area contributed by atoms with E-state index in [0.717, 1.165) is 25.0 Å². The van der Waals surface area contributed by atoms with E-state index in [2.05, 4.69) is 56.4 Å². The molecule has 5 nitrogen and oxygen atoms in total. The van der Waals surface area contributed by atoms with Crippen molar-refractivity contribution < 1.29 is 0 Å². The fourth-order valence-electron chi connectivity index (χ4n) is 2.43. The van der Waals surface area contributed by atoms with Crippen LogP contribution in [-0.2, 0) is 13.1 Å². The van der Waals surface area contributed by atoms with Crippen molar-refractivity contribution >= 4 is 5.96 Å². The molecule has 1 aromatic heterocycles. The van der Waals surface area contributed by atoms with Gasteiger partial charge in [0.25, 0.3) is 0 Å². The van der Waals surface area contributed by atoms with Gasteiger partial charge in [-0.25, -0.2) is 4.98 Å². The summed E-state index contributed by atoms with van der Waals surface area (Å²) >= 11 is 0. The molecule has 22 heavy (non-hydrogen) atoms. The largest absolute Gasteiger partial charge is 0.353 e. The molecular formula is C17H23N5. The molecule has 2 atom stereocenters. The molecule has 0 bridgehead atoms. The number of aromatic nitrogens is 2. The maximum absolute atomic E-state index is 4.27. The first-order chi connectivity index (χ1) is 10.7. The van der Waals surface area contributed by atoms with E-state index in [4.69, 9.17) is 0 Å². The average Bonchev–Trinajstić information content (AvgIpc) is 3.00. The molecule has 116 valence electrons. The molecule has 0 spiro atoms. The highest BCUT2D eigenvalue weighted by Gasteiger charge is 2.33. The van der Waals surface area contributed by atoms with Crippen LogP contribution in [0.25, 0.3) is 0 Å². The van der Waals surface area contributed by atoms with Crippen LogP contribution < -0.4 is 10.6 Å². The number of hydrogen-bond acceptors (Lipinski definition) is 2. The van der Waals surface area contributed by atoms with Crippen LogP contribution in [0.5, 0.6) is 0 Å². The minimum absolute atomic E-state index is 0.587. The zero-order chi connectivity index (χ0) is 15.4. The second-order valence-corrected chi connectivity index (χ2v) is 5.94. The minimum Gasteiger partial charge on any atom is -0.353 e.